The topological polar surface area (TPSA) is 31.3 Å². The van der Waals surface area contributed by atoms with Gasteiger partial charge in [0.2, 0.25) is 0 Å². The molecule has 2 heterocycles. The lowest BCUT2D eigenvalue weighted by atomic mass is 9.90. The van der Waals surface area contributed by atoms with Crippen LogP contribution in [0.4, 0.5) is 8.78 Å². The molecule has 0 spiro atoms. The number of rotatable bonds is 9. The van der Waals surface area contributed by atoms with Gasteiger partial charge in [-0.3, -0.25) is 5.01 Å². The van der Waals surface area contributed by atoms with Gasteiger partial charge < -0.3 is 14.5 Å². The van der Waals surface area contributed by atoms with E-state index in [0.717, 1.165) is 74.5 Å². The van der Waals surface area contributed by atoms with Crippen molar-refractivity contribution in [1.29, 1.82) is 0 Å². The number of benzene rings is 2. The molecular formula is C25H31BrF2N4O. The van der Waals surface area contributed by atoms with E-state index in [-0.39, 0.29) is 5.75 Å². The molecule has 0 aromatic heterocycles. The van der Waals surface area contributed by atoms with Crippen molar-refractivity contribution in [2.24, 2.45) is 11.0 Å². The number of ether oxygens (including phenoxy) is 1. The van der Waals surface area contributed by atoms with Crippen LogP contribution in [0.1, 0.15) is 30.9 Å². The Hall–Kier alpha value is -2.19. The Morgan fingerprint density at radius 1 is 1.09 bits per heavy atom. The quantitative estimate of drug-likeness (QED) is 0.442. The third kappa shape index (κ3) is 6.90. The predicted molar refractivity (Wildman–Crippen MR) is 130 cm³/mol. The molecule has 0 amide bonds. The van der Waals surface area contributed by atoms with E-state index in [1.807, 2.05) is 6.07 Å². The zero-order valence-electron chi connectivity index (χ0n) is 19.0. The van der Waals surface area contributed by atoms with Crippen molar-refractivity contribution in [2.75, 3.05) is 32.8 Å². The predicted octanol–water partition coefficient (Wildman–Crippen LogP) is 5.41. The molecule has 2 aromatic carbocycles. The zero-order valence-corrected chi connectivity index (χ0v) is 20.6. The molecule has 33 heavy (non-hydrogen) atoms. The van der Waals surface area contributed by atoms with Gasteiger partial charge in [-0.1, -0.05) is 46.3 Å². The van der Waals surface area contributed by atoms with Crippen molar-refractivity contribution < 1.29 is 13.5 Å². The van der Waals surface area contributed by atoms with Gasteiger partial charge in [-0.25, -0.2) is 0 Å². The Morgan fingerprint density at radius 2 is 1.85 bits per heavy atom. The van der Waals surface area contributed by atoms with Gasteiger partial charge >= 0.3 is 6.61 Å². The minimum atomic E-state index is -2.79. The summed E-state index contributed by atoms with van der Waals surface area (Å²) < 4.78 is 30.6. The SMILES string of the molecule is CC1=NN(CCN2CCC(Cc3cc(OC(F)F)ccc3Br)CC2)CN1Cc1ccccc1. The number of halogens is 3. The first-order valence-corrected chi connectivity index (χ1v) is 12.3. The zero-order chi connectivity index (χ0) is 23.2. The van der Waals surface area contributed by atoms with Crippen LogP contribution in [0.5, 0.6) is 5.75 Å². The second-order valence-electron chi connectivity index (χ2n) is 8.82. The van der Waals surface area contributed by atoms with Crippen LogP contribution in [0, 0.1) is 5.92 Å². The number of alkyl halides is 2. The molecule has 0 atom stereocenters. The van der Waals surface area contributed by atoms with Crippen LogP contribution < -0.4 is 4.74 Å². The van der Waals surface area contributed by atoms with E-state index in [1.54, 1.807) is 18.2 Å². The van der Waals surface area contributed by atoms with Crippen LogP contribution in [-0.4, -0.2) is 60.1 Å². The smallest absolute Gasteiger partial charge is 0.387 e. The van der Waals surface area contributed by atoms with E-state index >= 15 is 0 Å². The van der Waals surface area contributed by atoms with Crippen molar-refractivity contribution in [2.45, 2.75) is 39.3 Å². The Morgan fingerprint density at radius 3 is 2.58 bits per heavy atom. The summed E-state index contributed by atoms with van der Waals surface area (Å²) in [5.74, 6) is 1.84. The monoisotopic (exact) mass is 520 g/mol. The average molecular weight is 521 g/mol. The molecule has 2 aliphatic heterocycles. The molecule has 1 saturated heterocycles. The molecule has 8 heteroatoms. The molecule has 5 nitrogen and oxygen atoms in total. The van der Waals surface area contributed by atoms with Crippen molar-refractivity contribution in [3.8, 4) is 5.75 Å². The second kappa shape index (κ2) is 11.3. The normalized spacial score (nSPS) is 17.7. The summed E-state index contributed by atoms with van der Waals surface area (Å²) in [7, 11) is 0. The number of likely N-dealkylation sites (tertiary alicyclic amines) is 1. The van der Waals surface area contributed by atoms with Gasteiger partial charge in [0.15, 0.2) is 0 Å². The van der Waals surface area contributed by atoms with E-state index in [2.05, 4.69) is 66.7 Å². The molecule has 0 bridgehead atoms. The summed E-state index contributed by atoms with van der Waals surface area (Å²) in [5.41, 5.74) is 2.33. The van der Waals surface area contributed by atoms with Gasteiger partial charge in [0, 0.05) is 17.6 Å². The third-order valence-corrected chi connectivity index (χ3v) is 7.20. The molecule has 4 rings (SSSR count). The van der Waals surface area contributed by atoms with Crippen LogP contribution in [0.25, 0.3) is 0 Å². The molecule has 0 N–H and O–H groups in total. The van der Waals surface area contributed by atoms with E-state index in [0.29, 0.717) is 5.92 Å². The average Bonchev–Trinajstić information content (AvgIpc) is 3.15. The van der Waals surface area contributed by atoms with Gasteiger partial charge in [-0.15, -0.1) is 0 Å². The van der Waals surface area contributed by atoms with Crippen LogP contribution in [-0.2, 0) is 13.0 Å². The number of nitrogens with zero attached hydrogens (tertiary/aromatic N) is 4. The maximum absolute atomic E-state index is 12.5. The van der Waals surface area contributed by atoms with Gasteiger partial charge in [0.1, 0.15) is 18.3 Å². The maximum Gasteiger partial charge on any atom is 0.387 e. The first kappa shape index (κ1) is 24.0. The molecule has 0 aliphatic carbocycles. The number of hydrogen-bond acceptors (Lipinski definition) is 5. The fourth-order valence-electron chi connectivity index (χ4n) is 4.55. The lowest BCUT2D eigenvalue weighted by molar-refractivity contribution is -0.0499. The largest absolute Gasteiger partial charge is 0.435 e. The molecule has 0 radical (unpaired) electrons. The highest BCUT2D eigenvalue weighted by Crippen LogP contribution is 2.29. The van der Waals surface area contributed by atoms with E-state index < -0.39 is 6.61 Å². The first-order chi connectivity index (χ1) is 16.0. The van der Waals surface area contributed by atoms with E-state index in [1.165, 1.54) is 5.56 Å². The summed E-state index contributed by atoms with van der Waals surface area (Å²) in [5, 5.41) is 6.90. The highest BCUT2D eigenvalue weighted by atomic mass is 79.9. The van der Waals surface area contributed by atoms with Crippen molar-refractivity contribution in [3.05, 3.63) is 64.1 Å². The van der Waals surface area contributed by atoms with Gasteiger partial charge in [-0.05, 0) is 74.5 Å². The van der Waals surface area contributed by atoms with Gasteiger partial charge in [0.25, 0.3) is 0 Å². The highest BCUT2D eigenvalue weighted by Gasteiger charge is 2.23. The number of amidine groups is 1. The Bertz CT molecular complexity index is 935. The Balaban J connectivity index is 1.20. The fraction of sp³-hybridized carbons (Fsp3) is 0.480. The van der Waals surface area contributed by atoms with Crippen molar-refractivity contribution >= 4 is 21.8 Å². The molecule has 1 fully saturated rings. The van der Waals surface area contributed by atoms with Crippen LogP contribution >= 0.6 is 15.9 Å². The number of hydrazone groups is 1. The standard InChI is InChI=1S/C25H31BrF2N4O/c1-19-29-32(18-31(19)17-21-5-3-2-4-6-21)14-13-30-11-9-20(10-12-30)15-22-16-23(33-25(27)28)7-8-24(22)26/h2-8,16,20,25H,9-15,17-18H2,1H3. The molecule has 178 valence electrons. The lowest BCUT2D eigenvalue weighted by Crippen LogP contribution is -2.39. The first-order valence-electron chi connectivity index (χ1n) is 11.5. The molecular weight excluding hydrogens is 490 g/mol. The van der Waals surface area contributed by atoms with Crippen LogP contribution in [0.2, 0.25) is 0 Å². The van der Waals surface area contributed by atoms with E-state index in [4.69, 9.17) is 5.10 Å². The van der Waals surface area contributed by atoms with Crippen molar-refractivity contribution in [3.63, 3.8) is 0 Å². The summed E-state index contributed by atoms with van der Waals surface area (Å²) in [4.78, 5) is 4.82. The molecule has 2 aromatic rings. The summed E-state index contributed by atoms with van der Waals surface area (Å²) in [6.45, 7) is 5.04. The Labute approximate surface area is 203 Å². The maximum atomic E-state index is 12.5. The lowest BCUT2D eigenvalue weighted by Gasteiger charge is -2.33. The van der Waals surface area contributed by atoms with Crippen molar-refractivity contribution in [1.82, 2.24) is 14.8 Å². The molecule has 2 aliphatic rings. The summed E-state index contributed by atoms with van der Waals surface area (Å²) >= 11 is 3.55. The van der Waals surface area contributed by atoms with E-state index in [9.17, 15) is 8.78 Å². The number of piperidine rings is 1. The molecule has 0 unspecified atom stereocenters. The summed E-state index contributed by atoms with van der Waals surface area (Å²) in [6.07, 6.45) is 3.09. The highest BCUT2D eigenvalue weighted by molar-refractivity contribution is 9.10. The molecule has 0 saturated carbocycles. The van der Waals surface area contributed by atoms with Gasteiger partial charge in [-0.2, -0.15) is 13.9 Å². The summed E-state index contributed by atoms with van der Waals surface area (Å²) in [6, 6.07) is 15.6. The third-order valence-electron chi connectivity index (χ3n) is 6.43. The van der Waals surface area contributed by atoms with Crippen LogP contribution in [0.3, 0.4) is 0 Å². The Kier molecular flexibility index (Phi) is 8.20. The fourth-order valence-corrected chi connectivity index (χ4v) is 4.96. The van der Waals surface area contributed by atoms with Gasteiger partial charge in [0.05, 0.1) is 6.54 Å². The minimum absolute atomic E-state index is 0.225. The van der Waals surface area contributed by atoms with Crippen LogP contribution in [0.15, 0.2) is 58.1 Å². The number of hydrogen-bond donors (Lipinski definition) is 0. The second-order valence-corrected chi connectivity index (χ2v) is 9.68. The minimum Gasteiger partial charge on any atom is -0.435 e.